The SMILES string of the molecule is FC(F)(F)N(CCC1(CCN(C(F)(F)F)C(F)(F)F)c2ccccc2-c2cc3c(cc21)-c1ccccc1C3(c1ccccc1)c1ccccc1)C(F)(F)F. The number of hydrogen-bond donors (Lipinski definition) is 0. The van der Waals surface area contributed by atoms with E-state index in [2.05, 4.69) is 0 Å². The van der Waals surface area contributed by atoms with E-state index in [1.54, 1.807) is 18.2 Å². The van der Waals surface area contributed by atoms with Crippen LogP contribution in [-0.2, 0) is 10.8 Å². The zero-order valence-electron chi connectivity index (χ0n) is 27.8. The lowest BCUT2D eigenvalue weighted by molar-refractivity contribution is -0.373. The lowest BCUT2D eigenvalue weighted by atomic mass is 9.67. The minimum Gasteiger partial charge on any atom is -0.155 e. The lowest BCUT2D eigenvalue weighted by Gasteiger charge is -2.38. The first-order valence-corrected chi connectivity index (χ1v) is 16.6. The van der Waals surface area contributed by atoms with Crippen LogP contribution in [0.5, 0.6) is 0 Å². The molecule has 0 bridgehead atoms. The van der Waals surface area contributed by atoms with Gasteiger partial charge in [0.15, 0.2) is 0 Å². The van der Waals surface area contributed by atoms with Crippen molar-refractivity contribution in [3.63, 3.8) is 0 Å². The third-order valence-electron chi connectivity index (χ3n) is 10.6. The minimum atomic E-state index is -5.95. The number of nitrogens with zero attached hydrogens (tertiary/aromatic N) is 2. The van der Waals surface area contributed by atoms with Crippen molar-refractivity contribution >= 4 is 0 Å². The normalized spacial score (nSPS) is 16.0. The quantitative estimate of drug-likeness (QED) is 0.113. The molecule has 5 aromatic rings. The van der Waals surface area contributed by atoms with Crippen LogP contribution in [-0.4, -0.2) is 48.1 Å². The Morgan fingerprint density at radius 2 is 0.722 bits per heavy atom. The van der Waals surface area contributed by atoms with E-state index >= 15 is 0 Å². The molecular weight excluding hydrogens is 736 g/mol. The van der Waals surface area contributed by atoms with Gasteiger partial charge >= 0.3 is 25.2 Å². The molecule has 0 saturated carbocycles. The standard InChI is InChI=1S/C40H28F12N2/c41-37(42,43)53(38(44,45)46)21-19-35(20-22-54(39(47,48)49)40(50,51)52)31-17-9-7-15-27(31)29-24-34-30(23-33(29)35)28-16-8-10-18-32(28)36(34,25-11-3-1-4-12-25)26-13-5-2-6-14-26/h1-18,23-24H,19-22H2. The Bertz CT molecular complexity index is 2050. The summed E-state index contributed by atoms with van der Waals surface area (Å²) in [5.74, 6) is 0. The number of benzene rings is 5. The fourth-order valence-corrected chi connectivity index (χ4v) is 8.45. The predicted octanol–water partition coefficient (Wildman–Crippen LogP) is 11.8. The molecule has 54 heavy (non-hydrogen) atoms. The molecule has 282 valence electrons. The molecule has 5 aromatic carbocycles. The second-order valence-electron chi connectivity index (χ2n) is 13.3. The van der Waals surface area contributed by atoms with Crippen molar-refractivity contribution in [1.29, 1.82) is 0 Å². The Kier molecular flexibility index (Phi) is 8.96. The molecule has 0 heterocycles. The molecule has 2 aliphatic carbocycles. The van der Waals surface area contributed by atoms with Gasteiger partial charge in [-0.2, -0.15) is 52.7 Å². The second kappa shape index (κ2) is 12.9. The molecule has 0 aliphatic heterocycles. The molecule has 0 saturated heterocycles. The van der Waals surface area contributed by atoms with Crippen LogP contribution in [0.2, 0.25) is 0 Å². The summed E-state index contributed by atoms with van der Waals surface area (Å²) in [6, 6.07) is 35.0. The van der Waals surface area contributed by atoms with E-state index in [4.69, 9.17) is 0 Å². The molecular formula is C40H28F12N2. The van der Waals surface area contributed by atoms with Crippen LogP contribution in [0.15, 0.2) is 121 Å². The monoisotopic (exact) mass is 764 g/mol. The summed E-state index contributed by atoms with van der Waals surface area (Å²) in [7, 11) is 0. The van der Waals surface area contributed by atoms with E-state index in [0.717, 1.165) is 16.7 Å². The van der Waals surface area contributed by atoms with Crippen molar-refractivity contribution in [2.24, 2.45) is 0 Å². The van der Waals surface area contributed by atoms with Gasteiger partial charge in [-0.3, -0.25) is 0 Å². The molecule has 0 atom stereocenters. The number of halogens is 12. The largest absolute Gasteiger partial charge is 0.467 e. The van der Waals surface area contributed by atoms with E-state index in [1.165, 1.54) is 30.3 Å². The third-order valence-corrected chi connectivity index (χ3v) is 10.6. The van der Waals surface area contributed by atoms with Gasteiger partial charge in [0.05, 0.1) is 5.41 Å². The van der Waals surface area contributed by atoms with Crippen LogP contribution in [0.3, 0.4) is 0 Å². The fourth-order valence-electron chi connectivity index (χ4n) is 8.45. The highest BCUT2D eigenvalue weighted by molar-refractivity contribution is 5.92. The summed E-state index contributed by atoms with van der Waals surface area (Å²) < 4.78 is 167. The first-order valence-electron chi connectivity index (χ1n) is 16.6. The summed E-state index contributed by atoms with van der Waals surface area (Å²) >= 11 is 0. The van der Waals surface area contributed by atoms with Crippen molar-refractivity contribution in [1.82, 2.24) is 9.80 Å². The first kappa shape index (κ1) is 37.5. The van der Waals surface area contributed by atoms with Crippen molar-refractivity contribution in [3.05, 3.63) is 155 Å². The van der Waals surface area contributed by atoms with Gasteiger partial charge in [0.25, 0.3) is 0 Å². The van der Waals surface area contributed by atoms with Gasteiger partial charge in [0, 0.05) is 18.5 Å². The molecule has 0 spiro atoms. The first-order chi connectivity index (χ1) is 25.3. The van der Waals surface area contributed by atoms with Crippen LogP contribution < -0.4 is 0 Å². The number of fused-ring (bicyclic) bond motifs is 6. The van der Waals surface area contributed by atoms with Crippen LogP contribution in [0.25, 0.3) is 22.3 Å². The summed E-state index contributed by atoms with van der Waals surface area (Å²) in [4.78, 5) is -3.40. The van der Waals surface area contributed by atoms with Crippen molar-refractivity contribution < 1.29 is 52.7 Å². The van der Waals surface area contributed by atoms with E-state index < -0.39 is 71.8 Å². The summed E-state index contributed by atoms with van der Waals surface area (Å²) in [5.41, 5.74) is 1.63. The summed E-state index contributed by atoms with van der Waals surface area (Å²) in [6.45, 7) is -3.60. The Morgan fingerprint density at radius 3 is 1.17 bits per heavy atom. The molecule has 0 N–H and O–H groups in total. The van der Waals surface area contributed by atoms with Crippen molar-refractivity contribution in [3.8, 4) is 22.3 Å². The van der Waals surface area contributed by atoms with Gasteiger partial charge in [0.1, 0.15) is 0 Å². The summed E-state index contributed by atoms with van der Waals surface area (Å²) in [6.07, 6.45) is -26.1. The maximum atomic E-state index is 13.9. The van der Waals surface area contributed by atoms with Gasteiger partial charge in [-0.25, -0.2) is 0 Å². The Labute approximate surface area is 301 Å². The van der Waals surface area contributed by atoms with E-state index in [9.17, 15) is 52.7 Å². The van der Waals surface area contributed by atoms with E-state index in [-0.39, 0.29) is 22.3 Å². The predicted molar refractivity (Wildman–Crippen MR) is 177 cm³/mol. The smallest absolute Gasteiger partial charge is 0.155 e. The number of hydrogen-bond acceptors (Lipinski definition) is 2. The lowest BCUT2D eigenvalue weighted by Crippen LogP contribution is -2.51. The van der Waals surface area contributed by atoms with Crippen molar-refractivity contribution in [2.45, 2.75) is 48.9 Å². The molecule has 2 nitrogen and oxygen atoms in total. The molecule has 0 amide bonds. The molecule has 0 aromatic heterocycles. The van der Waals surface area contributed by atoms with Gasteiger partial charge < -0.3 is 0 Å². The highest BCUT2D eigenvalue weighted by atomic mass is 19.4. The average molecular weight is 765 g/mol. The molecule has 7 rings (SSSR count). The van der Waals surface area contributed by atoms with Gasteiger partial charge in [-0.15, -0.1) is 9.80 Å². The van der Waals surface area contributed by atoms with E-state index in [1.807, 2.05) is 72.8 Å². The molecule has 14 heteroatoms. The zero-order chi connectivity index (χ0) is 38.9. The highest BCUT2D eigenvalue weighted by Gasteiger charge is 2.58. The maximum Gasteiger partial charge on any atom is 0.467 e. The van der Waals surface area contributed by atoms with Gasteiger partial charge in [-0.05, 0) is 80.6 Å². The van der Waals surface area contributed by atoms with E-state index in [0.29, 0.717) is 16.7 Å². The maximum absolute atomic E-state index is 13.9. The van der Waals surface area contributed by atoms with Crippen LogP contribution >= 0.6 is 0 Å². The Balaban J connectivity index is 1.52. The Hall–Kier alpha value is -4.82. The van der Waals surface area contributed by atoms with Crippen molar-refractivity contribution in [2.75, 3.05) is 13.1 Å². The minimum absolute atomic E-state index is 0.0237. The fraction of sp³-hybridized carbons (Fsp3) is 0.250. The van der Waals surface area contributed by atoms with Gasteiger partial charge in [0.2, 0.25) is 0 Å². The number of rotatable bonds is 8. The number of alkyl halides is 12. The third kappa shape index (κ3) is 6.03. The molecule has 0 unspecified atom stereocenters. The zero-order valence-corrected chi connectivity index (χ0v) is 27.8. The summed E-state index contributed by atoms with van der Waals surface area (Å²) in [5, 5.41) is 0. The van der Waals surface area contributed by atoms with Crippen LogP contribution in [0.1, 0.15) is 46.2 Å². The average Bonchev–Trinajstić information content (AvgIpc) is 3.53. The molecule has 0 radical (unpaired) electrons. The molecule has 0 fully saturated rings. The second-order valence-corrected chi connectivity index (χ2v) is 13.3. The topological polar surface area (TPSA) is 6.48 Å². The van der Waals surface area contributed by atoms with Crippen LogP contribution in [0, 0.1) is 0 Å². The van der Waals surface area contributed by atoms with Gasteiger partial charge in [-0.1, -0.05) is 109 Å². The van der Waals surface area contributed by atoms with Crippen LogP contribution in [0.4, 0.5) is 52.7 Å². The highest BCUT2D eigenvalue weighted by Crippen LogP contribution is 2.61. The molecule has 2 aliphatic rings. The Morgan fingerprint density at radius 1 is 0.370 bits per heavy atom.